The molecule has 1 aliphatic rings. The van der Waals surface area contributed by atoms with Gasteiger partial charge in [-0.2, -0.15) is 0 Å². The van der Waals surface area contributed by atoms with Gasteiger partial charge in [0.25, 0.3) is 17.7 Å². The van der Waals surface area contributed by atoms with Crippen LogP contribution in [0.25, 0.3) is 0 Å². The fraction of sp³-hybridized carbons (Fsp3) is 0.241. The molecule has 0 aliphatic carbocycles. The monoisotopic (exact) mass is 500 g/mol. The lowest BCUT2D eigenvalue weighted by molar-refractivity contribution is -0.122. The van der Waals surface area contributed by atoms with Gasteiger partial charge >= 0.3 is 5.97 Å². The van der Waals surface area contributed by atoms with Crippen LogP contribution in [0.1, 0.15) is 57.4 Å². The molecule has 0 saturated carbocycles. The summed E-state index contributed by atoms with van der Waals surface area (Å²) in [6.07, 6.45) is 0. The molecule has 0 bridgehead atoms. The predicted octanol–water partition coefficient (Wildman–Crippen LogP) is 4.48. The predicted molar refractivity (Wildman–Crippen MR) is 138 cm³/mol. The fourth-order valence-electron chi connectivity index (χ4n) is 4.27. The van der Waals surface area contributed by atoms with E-state index in [-0.39, 0.29) is 41.6 Å². The number of hydrogen-bond donors (Lipinski definition) is 0. The molecule has 0 spiro atoms. The number of anilines is 1. The molecule has 0 saturated heterocycles. The Hall–Kier alpha value is -4.46. The summed E-state index contributed by atoms with van der Waals surface area (Å²) in [6.45, 7) is 5.37. The SMILES string of the molecule is CCOc1ccc(CN2C(=O)c3ccccc3C2=O)cc1C(=O)OCC(=O)N(c1ccccc1)C(C)C. The second kappa shape index (κ2) is 11.1. The number of benzene rings is 3. The van der Waals surface area contributed by atoms with Crippen molar-refractivity contribution in [2.24, 2.45) is 0 Å². The number of ether oxygens (including phenoxy) is 2. The van der Waals surface area contributed by atoms with Crippen LogP contribution in [-0.2, 0) is 16.1 Å². The van der Waals surface area contributed by atoms with Gasteiger partial charge in [-0.25, -0.2) is 4.79 Å². The number of imide groups is 1. The smallest absolute Gasteiger partial charge is 0.342 e. The van der Waals surface area contributed by atoms with E-state index in [9.17, 15) is 19.2 Å². The molecule has 0 atom stereocenters. The first-order valence-electron chi connectivity index (χ1n) is 12.1. The van der Waals surface area contributed by atoms with Gasteiger partial charge in [-0.1, -0.05) is 36.4 Å². The Bertz CT molecular complexity index is 1300. The minimum atomic E-state index is -0.738. The zero-order chi connectivity index (χ0) is 26.5. The average Bonchev–Trinajstić information content (AvgIpc) is 3.13. The van der Waals surface area contributed by atoms with Gasteiger partial charge in [-0.3, -0.25) is 19.3 Å². The zero-order valence-electron chi connectivity index (χ0n) is 21.0. The molecule has 8 heteroatoms. The molecule has 0 radical (unpaired) electrons. The maximum atomic E-state index is 13.0. The van der Waals surface area contributed by atoms with Gasteiger partial charge in [0.1, 0.15) is 11.3 Å². The first-order valence-corrected chi connectivity index (χ1v) is 12.1. The fourth-order valence-corrected chi connectivity index (χ4v) is 4.27. The second-order valence-corrected chi connectivity index (χ2v) is 8.77. The molecular weight excluding hydrogens is 472 g/mol. The number of esters is 1. The van der Waals surface area contributed by atoms with Crippen LogP contribution in [0.3, 0.4) is 0 Å². The van der Waals surface area contributed by atoms with Crippen LogP contribution in [-0.4, -0.2) is 47.8 Å². The van der Waals surface area contributed by atoms with E-state index in [0.717, 1.165) is 4.90 Å². The molecule has 1 heterocycles. The van der Waals surface area contributed by atoms with Crippen molar-refractivity contribution >= 4 is 29.4 Å². The topological polar surface area (TPSA) is 93.2 Å². The summed E-state index contributed by atoms with van der Waals surface area (Å²) in [6, 6.07) is 20.5. The minimum absolute atomic E-state index is 0.0207. The third kappa shape index (κ3) is 5.38. The van der Waals surface area contributed by atoms with Gasteiger partial charge in [0.05, 0.1) is 24.3 Å². The number of carbonyl (C=O) groups is 4. The highest BCUT2D eigenvalue weighted by atomic mass is 16.5. The van der Waals surface area contributed by atoms with Crippen molar-refractivity contribution in [2.45, 2.75) is 33.4 Å². The number of fused-ring (bicyclic) bond motifs is 1. The maximum Gasteiger partial charge on any atom is 0.342 e. The van der Waals surface area contributed by atoms with Crippen LogP contribution in [0.15, 0.2) is 72.8 Å². The first-order chi connectivity index (χ1) is 17.8. The van der Waals surface area contributed by atoms with Gasteiger partial charge in [0.15, 0.2) is 6.61 Å². The van der Waals surface area contributed by atoms with E-state index < -0.39 is 12.6 Å². The largest absolute Gasteiger partial charge is 0.493 e. The first kappa shape index (κ1) is 25.6. The molecule has 0 fully saturated rings. The van der Waals surface area contributed by atoms with Gasteiger partial charge in [0, 0.05) is 11.7 Å². The average molecular weight is 501 g/mol. The van der Waals surface area contributed by atoms with E-state index >= 15 is 0 Å². The Labute approximate surface area is 215 Å². The number of amides is 3. The van der Waals surface area contributed by atoms with Crippen molar-refractivity contribution in [3.8, 4) is 5.75 Å². The molecule has 190 valence electrons. The molecule has 8 nitrogen and oxygen atoms in total. The van der Waals surface area contributed by atoms with Crippen LogP contribution in [0, 0.1) is 0 Å². The molecule has 0 unspecified atom stereocenters. The molecule has 3 amide bonds. The highest BCUT2D eigenvalue weighted by molar-refractivity contribution is 6.21. The lowest BCUT2D eigenvalue weighted by atomic mass is 10.1. The van der Waals surface area contributed by atoms with Crippen LogP contribution < -0.4 is 9.64 Å². The zero-order valence-corrected chi connectivity index (χ0v) is 21.0. The van der Waals surface area contributed by atoms with Crippen LogP contribution >= 0.6 is 0 Å². The number of nitrogens with zero attached hydrogens (tertiary/aromatic N) is 2. The van der Waals surface area contributed by atoms with Crippen LogP contribution in [0.4, 0.5) is 5.69 Å². The third-order valence-electron chi connectivity index (χ3n) is 5.93. The second-order valence-electron chi connectivity index (χ2n) is 8.77. The van der Waals surface area contributed by atoms with Gasteiger partial charge in [-0.15, -0.1) is 0 Å². The summed E-state index contributed by atoms with van der Waals surface area (Å²) in [5, 5.41) is 0. The lowest BCUT2D eigenvalue weighted by Gasteiger charge is -2.26. The van der Waals surface area contributed by atoms with Crippen LogP contribution in [0.5, 0.6) is 5.75 Å². The Morgan fingerprint density at radius 1 is 0.892 bits per heavy atom. The van der Waals surface area contributed by atoms with Crippen molar-refractivity contribution < 1.29 is 28.7 Å². The van der Waals surface area contributed by atoms with Gasteiger partial charge in [0.2, 0.25) is 0 Å². The summed E-state index contributed by atoms with van der Waals surface area (Å²) in [7, 11) is 0. The third-order valence-corrected chi connectivity index (χ3v) is 5.93. The number of para-hydroxylation sites is 1. The summed E-state index contributed by atoms with van der Waals surface area (Å²) in [4.78, 5) is 54.2. The van der Waals surface area contributed by atoms with Crippen molar-refractivity contribution in [2.75, 3.05) is 18.1 Å². The molecule has 4 rings (SSSR count). The van der Waals surface area contributed by atoms with E-state index in [1.165, 1.54) is 6.07 Å². The summed E-state index contributed by atoms with van der Waals surface area (Å²) >= 11 is 0. The molecule has 3 aromatic rings. The quantitative estimate of drug-likeness (QED) is 0.318. The summed E-state index contributed by atoms with van der Waals surface area (Å²) < 4.78 is 11.0. The Balaban J connectivity index is 1.51. The van der Waals surface area contributed by atoms with Crippen LogP contribution in [0.2, 0.25) is 0 Å². The Kier molecular flexibility index (Phi) is 7.67. The van der Waals surface area contributed by atoms with Crippen molar-refractivity contribution in [1.29, 1.82) is 0 Å². The van der Waals surface area contributed by atoms with Gasteiger partial charge in [-0.05, 0) is 62.7 Å². The van der Waals surface area contributed by atoms with Crippen molar-refractivity contribution in [3.63, 3.8) is 0 Å². The molecule has 37 heavy (non-hydrogen) atoms. The molecular formula is C29H28N2O6. The number of rotatable bonds is 9. The Morgan fingerprint density at radius 2 is 1.51 bits per heavy atom. The standard InChI is InChI=1S/C29H28N2O6/c1-4-36-25-15-14-20(17-30-27(33)22-12-8-9-13-23(22)28(30)34)16-24(25)29(35)37-18-26(32)31(19(2)3)21-10-6-5-7-11-21/h5-16,19H,4,17-18H2,1-3H3. The summed E-state index contributed by atoms with van der Waals surface area (Å²) in [5.41, 5.74) is 2.06. The molecule has 3 aromatic carbocycles. The van der Waals surface area contributed by atoms with E-state index in [0.29, 0.717) is 29.0 Å². The Morgan fingerprint density at radius 3 is 2.11 bits per heavy atom. The van der Waals surface area contributed by atoms with E-state index in [4.69, 9.17) is 9.47 Å². The van der Waals surface area contributed by atoms with Crippen molar-refractivity contribution in [1.82, 2.24) is 4.90 Å². The normalized spacial score (nSPS) is 12.5. The minimum Gasteiger partial charge on any atom is -0.493 e. The molecule has 0 N–H and O–H groups in total. The maximum absolute atomic E-state index is 13.0. The van der Waals surface area contributed by atoms with E-state index in [1.807, 2.05) is 44.2 Å². The van der Waals surface area contributed by atoms with Gasteiger partial charge < -0.3 is 14.4 Å². The highest BCUT2D eigenvalue weighted by Gasteiger charge is 2.35. The van der Waals surface area contributed by atoms with Crippen molar-refractivity contribution in [3.05, 3.63) is 95.1 Å². The number of hydrogen-bond acceptors (Lipinski definition) is 6. The highest BCUT2D eigenvalue weighted by Crippen LogP contribution is 2.27. The lowest BCUT2D eigenvalue weighted by Crippen LogP contribution is -2.39. The molecule has 0 aromatic heterocycles. The van der Waals surface area contributed by atoms with E-state index in [1.54, 1.807) is 48.2 Å². The van der Waals surface area contributed by atoms with E-state index in [2.05, 4.69) is 0 Å². The number of carbonyl (C=O) groups excluding carboxylic acids is 4. The summed E-state index contributed by atoms with van der Waals surface area (Å²) in [5.74, 6) is -1.60. The molecule has 1 aliphatic heterocycles.